The fourth-order valence-corrected chi connectivity index (χ4v) is 2.69. The molecule has 1 aliphatic heterocycles. The zero-order valence-electron chi connectivity index (χ0n) is 11.3. The molecule has 0 saturated carbocycles. The van der Waals surface area contributed by atoms with E-state index >= 15 is 0 Å². The lowest BCUT2D eigenvalue weighted by Crippen LogP contribution is -2.40. The number of carbonyl (C=O) groups is 2. The number of anilines is 1. The second kappa shape index (κ2) is 6.14. The maximum atomic E-state index is 12.3. The number of hydrogen-bond acceptors (Lipinski definition) is 3. The number of halogens is 2. The van der Waals surface area contributed by atoms with Crippen molar-refractivity contribution in [1.82, 2.24) is 4.90 Å². The van der Waals surface area contributed by atoms with Crippen molar-refractivity contribution in [1.29, 1.82) is 0 Å². The van der Waals surface area contributed by atoms with Gasteiger partial charge in [-0.3, -0.25) is 14.5 Å². The lowest BCUT2D eigenvalue weighted by atomic mass is 10.2. The third kappa shape index (κ3) is 2.99. The normalized spacial score (nSPS) is 20.4. The fourth-order valence-electron chi connectivity index (χ4n) is 2.20. The summed E-state index contributed by atoms with van der Waals surface area (Å²) in [6.07, 6.45) is 0.958. The first-order valence-corrected chi connectivity index (χ1v) is 7.68. The lowest BCUT2D eigenvalue weighted by molar-refractivity contribution is -0.140. The predicted octanol–water partition coefficient (Wildman–Crippen LogP) is 3.44. The van der Waals surface area contributed by atoms with Crippen LogP contribution in [0.2, 0.25) is 5.02 Å². The molecular formula is C14H16BrClN2O2. The maximum Gasteiger partial charge on any atom is 0.252 e. The number of amides is 2. The molecular weight excluding hydrogens is 344 g/mol. The highest BCUT2D eigenvalue weighted by Crippen LogP contribution is 2.27. The quantitative estimate of drug-likeness (QED) is 0.838. The van der Waals surface area contributed by atoms with Gasteiger partial charge in [0, 0.05) is 16.2 Å². The molecule has 1 fully saturated rings. The summed E-state index contributed by atoms with van der Waals surface area (Å²) < 4.78 is 0.750. The van der Waals surface area contributed by atoms with Gasteiger partial charge in [-0.15, -0.1) is 0 Å². The molecule has 20 heavy (non-hydrogen) atoms. The van der Waals surface area contributed by atoms with Gasteiger partial charge in [0.15, 0.2) is 0 Å². The van der Waals surface area contributed by atoms with Crippen LogP contribution in [0.3, 0.4) is 0 Å². The Morgan fingerprint density at radius 3 is 2.80 bits per heavy atom. The van der Waals surface area contributed by atoms with Crippen molar-refractivity contribution in [3.05, 3.63) is 27.7 Å². The van der Waals surface area contributed by atoms with E-state index in [1.54, 1.807) is 18.2 Å². The number of likely N-dealkylation sites (tertiary alicyclic amines) is 1. The average molecular weight is 360 g/mol. The molecule has 0 radical (unpaired) electrons. The van der Waals surface area contributed by atoms with Crippen LogP contribution in [0.1, 0.15) is 26.7 Å². The molecule has 1 aromatic rings. The van der Waals surface area contributed by atoms with Crippen molar-refractivity contribution in [2.75, 3.05) is 5.32 Å². The van der Waals surface area contributed by atoms with Crippen LogP contribution in [-0.4, -0.2) is 28.8 Å². The molecule has 108 valence electrons. The van der Waals surface area contributed by atoms with Crippen molar-refractivity contribution >= 4 is 45.0 Å². The summed E-state index contributed by atoms with van der Waals surface area (Å²) in [4.78, 5) is 25.6. The van der Waals surface area contributed by atoms with Gasteiger partial charge in [0.2, 0.25) is 5.91 Å². The van der Waals surface area contributed by atoms with E-state index in [1.165, 1.54) is 4.90 Å². The minimum absolute atomic E-state index is 0.0567. The first kappa shape index (κ1) is 15.3. The smallest absolute Gasteiger partial charge is 0.252 e. The monoisotopic (exact) mass is 358 g/mol. The van der Waals surface area contributed by atoms with Crippen LogP contribution >= 0.6 is 27.5 Å². The Kier molecular flexibility index (Phi) is 4.70. The molecule has 0 spiro atoms. The molecule has 1 saturated heterocycles. The number of nitrogens with zero attached hydrogens (tertiary/aromatic N) is 1. The van der Waals surface area contributed by atoms with Gasteiger partial charge in [-0.2, -0.15) is 0 Å². The second-order valence-electron chi connectivity index (χ2n) is 4.89. The van der Waals surface area contributed by atoms with Crippen LogP contribution in [0.4, 0.5) is 5.69 Å². The molecule has 0 aromatic heterocycles. The third-order valence-corrected chi connectivity index (χ3v) is 4.69. The minimum Gasteiger partial charge on any atom is -0.373 e. The van der Waals surface area contributed by atoms with Crippen molar-refractivity contribution in [3.63, 3.8) is 0 Å². The van der Waals surface area contributed by atoms with E-state index in [0.717, 1.165) is 16.6 Å². The van der Waals surface area contributed by atoms with E-state index < -0.39 is 6.04 Å². The first-order valence-electron chi connectivity index (χ1n) is 6.51. The molecule has 0 bridgehead atoms. The van der Waals surface area contributed by atoms with Gasteiger partial charge >= 0.3 is 0 Å². The van der Waals surface area contributed by atoms with Crippen LogP contribution in [0.5, 0.6) is 0 Å². The Hall–Kier alpha value is -1.07. The standard InChI is InChI=1S/C14H16BrClN2O2/c1-3-8(2)18-13(19)7-12(14(18)20)17-9-4-5-11(16)10(15)6-9/h4-6,8,12,17H,3,7H2,1-2H3. The topological polar surface area (TPSA) is 49.4 Å². The van der Waals surface area contributed by atoms with E-state index in [9.17, 15) is 9.59 Å². The first-order chi connectivity index (χ1) is 9.43. The Labute approximate surface area is 131 Å². The highest BCUT2D eigenvalue weighted by Gasteiger charge is 2.40. The molecule has 2 unspecified atom stereocenters. The zero-order valence-corrected chi connectivity index (χ0v) is 13.7. The highest BCUT2D eigenvalue weighted by atomic mass is 79.9. The van der Waals surface area contributed by atoms with Crippen molar-refractivity contribution in [2.24, 2.45) is 0 Å². The zero-order chi connectivity index (χ0) is 14.9. The largest absolute Gasteiger partial charge is 0.373 e. The molecule has 1 aromatic carbocycles. The average Bonchev–Trinajstić information content (AvgIpc) is 2.68. The predicted molar refractivity (Wildman–Crippen MR) is 82.8 cm³/mol. The Balaban J connectivity index is 2.13. The van der Waals surface area contributed by atoms with Gasteiger partial charge in [-0.05, 0) is 47.5 Å². The molecule has 1 aliphatic rings. The summed E-state index contributed by atoms with van der Waals surface area (Å²) in [5, 5.41) is 3.70. The Morgan fingerprint density at radius 2 is 2.20 bits per heavy atom. The molecule has 2 atom stereocenters. The van der Waals surface area contributed by atoms with Gasteiger partial charge < -0.3 is 5.32 Å². The number of benzene rings is 1. The number of carbonyl (C=O) groups excluding carboxylic acids is 2. The molecule has 2 rings (SSSR count). The number of nitrogens with one attached hydrogen (secondary N) is 1. The Bertz CT molecular complexity index is 550. The van der Waals surface area contributed by atoms with Gasteiger partial charge in [0.05, 0.1) is 11.4 Å². The van der Waals surface area contributed by atoms with Crippen LogP contribution < -0.4 is 5.32 Å². The van der Waals surface area contributed by atoms with Crippen LogP contribution in [0, 0.1) is 0 Å². The molecule has 2 amide bonds. The van der Waals surface area contributed by atoms with Crippen LogP contribution in [-0.2, 0) is 9.59 Å². The van der Waals surface area contributed by atoms with Gasteiger partial charge in [-0.25, -0.2) is 0 Å². The van der Waals surface area contributed by atoms with Crippen molar-refractivity contribution in [2.45, 2.75) is 38.8 Å². The maximum absolute atomic E-state index is 12.3. The van der Waals surface area contributed by atoms with Gasteiger partial charge in [0.25, 0.3) is 5.91 Å². The molecule has 0 aliphatic carbocycles. The fraction of sp³-hybridized carbons (Fsp3) is 0.429. The number of imide groups is 1. The summed E-state index contributed by atoms with van der Waals surface area (Å²) in [5.41, 5.74) is 0.762. The van der Waals surface area contributed by atoms with Crippen molar-refractivity contribution in [3.8, 4) is 0 Å². The van der Waals surface area contributed by atoms with Crippen LogP contribution in [0.15, 0.2) is 22.7 Å². The SMILES string of the molecule is CCC(C)N1C(=O)CC(Nc2ccc(Cl)c(Br)c2)C1=O. The van der Waals surface area contributed by atoms with E-state index in [1.807, 2.05) is 13.8 Å². The van der Waals surface area contributed by atoms with Gasteiger partial charge in [-0.1, -0.05) is 18.5 Å². The lowest BCUT2D eigenvalue weighted by Gasteiger charge is -2.21. The second-order valence-corrected chi connectivity index (χ2v) is 6.15. The minimum atomic E-state index is -0.496. The van der Waals surface area contributed by atoms with E-state index in [0.29, 0.717) is 5.02 Å². The Morgan fingerprint density at radius 1 is 1.50 bits per heavy atom. The summed E-state index contributed by atoms with van der Waals surface area (Å²) >= 11 is 9.26. The summed E-state index contributed by atoms with van der Waals surface area (Å²) in [7, 11) is 0. The highest BCUT2D eigenvalue weighted by molar-refractivity contribution is 9.10. The third-order valence-electron chi connectivity index (χ3n) is 3.48. The molecule has 1 N–H and O–H groups in total. The number of rotatable bonds is 4. The van der Waals surface area contributed by atoms with E-state index in [2.05, 4.69) is 21.2 Å². The van der Waals surface area contributed by atoms with Crippen molar-refractivity contribution < 1.29 is 9.59 Å². The molecule has 4 nitrogen and oxygen atoms in total. The van der Waals surface area contributed by atoms with E-state index in [4.69, 9.17) is 11.6 Å². The summed E-state index contributed by atoms with van der Waals surface area (Å²) in [5.74, 6) is -0.273. The van der Waals surface area contributed by atoms with E-state index in [-0.39, 0.29) is 24.3 Å². The summed E-state index contributed by atoms with van der Waals surface area (Å²) in [6.45, 7) is 3.85. The number of hydrogen-bond donors (Lipinski definition) is 1. The molecule has 6 heteroatoms. The van der Waals surface area contributed by atoms with Gasteiger partial charge in [0.1, 0.15) is 6.04 Å². The molecule has 1 heterocycles. The van der Waals surface area contributed by atoms with Crippen LogP contribution in [0.25, 0.3) is 0 Å². The summed E-state index contributed by atoms with van der Waals surface area (Å²) in [6, 6.07) is 4.77.